The van der Waals surface area contributed by atoms with Gasteiger partial charge in [0.05, 0.1) is 0 Å². The molecule has 2 aromatic carbocycles. The summed E-state index contributed by atoms with van der Waals surface area (Å²) in [6, 6.07) is 15.3. The maximum atomic E-state index is 12.5. The summed E-state index contributed by atoms with van der Waals surface area (Å²) in [5.41, 5.74) is 0.904. The van der Waals surface area contributed by atoms with Crippen molar-refractivity contribution in [1.82, 2.24) is 0 Å². The van der Waals surface area contributed by atoms with Crippen LogP contribution in [0.2, 0.25) is 0 Å². The number of para-hydroxylation sites is 2. The molecule has 0 saturated heterocycles. The summed E-state index contributed by atoms with van der Waals surface area (Å²) < 4.78 is 5.97. The minimum Gasteiger partial charge on any atom is -0.457 e. The molecule has 3 rings (SSSR count). The Kier molecular flexibility index (Phi) is 4.55. The highest BCUT2D eigenvalue weighted by atomic mass is 79.9. The molecule has 4 heteroatoms. The van der Waals surface area contributed by atoms with E-state index in [4.69, 9.17) is 16.3 Å². The zero-order valence-corrected chi connectivity index (χ0v) is 14.4. The third-order valence-corrected chi connectivity index (χ3v) is 5.07. The Morgan fingerprint density at radius 2 is 1.55 bits per heavy atom. The number of carbonyl (C=O) groups excluding carboxylic acids is 1. The van der Waals surface area contributed by atoms with Crippen LogP contribution < -0.4 is 4.74 Å². The first-order valence-electron chi connectivity index (χ1n) is 7.33. The van der Waals surface area contributed by atoms with Gasteiger partial charge in [0.15, 0.2) is 0 Å². The number of unbranched alkanes of at least 4 members (excludes halogenated alkanes) is 1. The Balaban J connectivity index is 2.20. The van der Waals surface area contributed by atoms with E-state index in [0.717, 1.165) is 29.3 Å². The van der Waals surface area contributed by atoms with Crippen LogP contribution in [0.4, 0.5) is 0 Å². The fourth-order valence-electron chi connectivity index (χ4n) is 3.14. The fourth-order valence-corrected chi connectivity index (χ4v) is 3.84. The van der Waals surface area contributed by atoms with Crippen molar-refractivity contribution in [2.45, 2.75) is 24.7 Å². The number of halogens is 2. The molecule has 0 radical (unpaired) electrons. The van der Waals surface area contributed by atoms with Crippen molar-refractivity contribution >= 4 is 32.8 Å². The van der Waals surface area contributed by atoms with E-state index < -0.39 is 5.41 Å². The predicted octanol–water partition coefficient (Wildman–Crippen LogP) is 5.41. The first kappa shape index (κ1) is 15.6. The first-order valence-corrected chi connectivity index (χ1v) is 8.83. The number of hydrogen-bond donors (Lipinski definition) is 0. The molecule has 0 aliphatic carbocycles. The van der Waals surface area contributed by atoms with Crippen molar-refractivity contribution in [2.75, 3.05) is 5.33 Å². The molecule has 1 heterocycles. The van der Waals surface area contributed by atoms with E-state index in [-0.39, 0.29) is 5.24 Å². The maximum Gasteiger partial charge on any atom is 0.236 e. The summed E-state index contributed by atoms with van der Waals surface area (Å²) in [5, 5.41) is 0.574. The van der Waals surface area contributed by atoms with Crippen LogP contribution in [0.25, 0.3) is 0 Å². The van der Waals surface area contributed by atoms with E-state index in [1.807, 2.05) is 48.5 Å². The zero-order valence-electron chi connectivity index (χ0n) is 12.0. The lowest BCUT2D eigenvalue weighted by molar-refractivity contribution is -0.115. The molecule has 0 saturated carbocycles. The Morgan fingerprint density at radius 3 is 2.05 bits per heavy atom. The number of ether oxygens (including phenoxy) is 1. The second kappa shape index (κ2) is 6.43. The first-order chi connectivity index (χ1) is 10.7. The van der Waals surface area contributed by atoms with E-state index in [1.165, 1.54) is 0 Å². The van der Waals surface area contributed by atoms with Gasteiger partial charge in [-0.2, -0.15) is 0 Å². The molecule has 0 amide bonds. The lowest BCUT2D eigenvalue weighted by Crippen LogP contribution is -2.37. The molecule has 0 N–H and O–H groups in total. The highest BCUT2D eigenvalue weighted by Crippen LogP contribution is 2.51. The molecule has 0 spiro atoms. The van der Waals surface area contributed by atoms with Crippen LogP contribution in [0.5, 0.6) is 11.5 Å². The van der Waals surface area contributed by atoms with Crippen molar-refractivity contribution in [3.63, 3.8) is 0 Å². The Labute approximate surface area is 143 Å². The average Bonchev–Trinajstić information content (AvgIpc) is 2.54. The number of carbonyl (C=O) groups is 1. The van der Waals surface area contributed by atoms with E-state index >= 15 is 0 Å². The van der Waals surface area contributed by atoms with Gasteiger partial charge in [-0.3, -0.25) is 4.79 Å². The number of benzene rings is 2. The predicted molar refractivity (Wildman–Crippen MR) is 92.2 cm³/mol. The fraction of sp³-hybridized carbons (Fsp3) is 0.278. The van der Waals surface area contributed by atoms with Crippen LogP contribution in [-0.4, -0.2) is 10.6 Å². The zero-order chi connectivity index (χ0) is 15.6. The second-order valence-electron chi connectivity index (χ2n) is 5.42. The second-order valence-corrected chi connectivity index (χ2v) is 6.56. The van der Waals surface area contributed by atoms with Gasteiger partial charge in [0.2, 0.25) is 5.24 Å². The lowest BCUT2D eigenvalue weighted by Gasteiger charge is -2.37. The van der Waals surface area contributed by atoms with Gasteiger partial charge >= 0.3 is 0 Å². The highest BCUT2D eigenvalue weighted by molar-refractivity contribution is 9.09. The van der Waals surface area contributed by atoms with Gasteiger partial charge in [-0.1, -0.05) is 58.7 Å². The molecule has 114 valence electrons. The van der Waals surface area contributed by atoms with Crippen LogP contribution in [0.15, 0.2) is 48.5 Å². The minimum atomic E-state index is -0.824. The molecule has 0 unspecified atom stereocenters. The Morgan fingerprint density at radius 1 is 1.00 bits per heavy atom. The van der Waals surface area contributed by atoms with Gasteiger partial charge in [-0.05, 0) is 36.6 Å². The molecule has 1 aliphatic rings. The standard InChI is InChI=1S/C18H16BrClO2/c19-12-6-5-11-18(17(20)21)13-7-1-3-9-15(13)22-16-10-4-2-8-14(16)18/h1-4,7-10H,5-6,11-12H2. The molecular formula is C18H16BrClO2. The molecule has 2 aromatic rings. The van der Waals surface area contributed by atoms with E-state index in [2.05, 4.69) is 15.9 Å². The maximum absolute atomic E-state index is 12.5. The average molecular weight is 380 g/mol. The van der Waals surface area contributed by atoms with Gasteiger partial charge < -0.3 is 4.74 Å². The van der Waals surface area contributed by atoms with Crippen LogP contribution in [0.3, 0.4) is 0 Å². The number of hydrogen-bond acceptors (Lipinski definition) is 2. The molecular weight excluding hydrogens is 364 g/mol. The third kappa shape index (κ3) is 2.46. The Hall–Kier alpha value is -1.32. The molecule has 0 aromatic heterocycles. The molecule has 2 nitrogen and oxygen atoms in total. The smallest absolute Gasteiger partial charge is 0.236 e. The summed E-state index contributed by atoms with van der Waals surface area (Å²) in [6.07, 6.45) is 2.59. The minimum absolute atomic E-state index is 0.342. The Bertz CT molecular complexity index is 653. The molecule has 0 fully saturated rings. The van der Waals surface area contributed by atoms with Gasteiger partial charge in [-0.15, -0.1) is 0 Å². The summed E-state index contributed by atoms with van der Waals surface area (Å²) in [5.74, 6) is 1.43. The summed E-state index contributed by atoms with van der Waals surface area (Å²) in [7, 11) is 0. The van der Waals surface area contributed by atoms with Crippen LogP contribution in [0, 0.1) is 0 Å². The summed E-state index contributed by atoms with van der Waals surface area (Å²) in [4.78, 5) is 12.5. The lowest BCUT2D eigenvalue weighted by atomic mass is 9.70. The van der Waals surface area contributed by atoms with Crippen molar-refractivity contribution in [1.29, 1.82) is 0 Å². The molecule has 0 atom stereocenters. The third-order valence-electron chi connectivity index (χ3n) is 4.18. The normalized spacial score (nSPS) is 14.6. The van der Waals surface area contributed by atoms with E-state index in [1.54, 1.807) is 0 Å². The molecule has 1 aliphatic heterocycles. The quantitative estimate of drug-likeness (QED) is 0.394. The largest absolute Gasteiger partial charge is 0.457 e. The van der Waals surface area contributed by atoms with Gasteiger partial charge in [0.1, 0.15) is 16.9 Å². The van der Waals surface area contributed by atoms with Crippen molar-refractivity contribution in [3.8, 4) is 11.5 Å². The number of fused-ring (bicyclic) bond motifs is 2. The van der Waals surface area contributed by atoms with Crippen molar-refractivity contribution in [3.05, 3.63) is 59.7 Å². The van der Waals surface area contributed by atoms with Crippen LogP contribution in [-0.2, 0) is 10.2 Å². The summed E-state index contributed by atoms with van der Waals surface area (Å²) in [6.45, 7) is 0. The van der Waals surface area contributed by atoms with Gasteiger partial charge in [0, 0.05) is 16.5 Å². The summed E-state index contributed by atoms with van der Waals surface area (Å²) >= 11 is 9.59. The van der Waals surface area contributed by atoms with Crippen LogP contribution >= 0.6 is 27.5 Å². The SMILES string of the molecule is O=C(Cl)C1(CCCCBr)c2ccccc2Oc2ccccc21. The highest BCUT2D eigenvalue weighted by Gasteiger charge is 2.46. The molecule has 0 bridgehead atoms. The van der Waals surface area contributed by atoms with Gasteiger partial charge in [0.25, 0.3) is 0 Å². The number of rotatable bonds is 5. The van der Waals surface area contributed by atoms with Crippen molar-refractivity contribution in [2.24, 2.45) is 0 Å². The van der Waals surface area contributed by atoms with Crippen molar-refractivity contribution < 1.29 is 9.53 Å². The van der Waals surface area contributed by atoms with E-state index in [9.17, 15) is 4.79 Å². The van der Waals surface area contributed by atoms with E-state index in [0.29, 0.717) is 17.9 Å². The van der Waals surface area contributed by atoms with Gasteiger partial charge in [-0.25, -0.2) is 0 Å². The monoisotopic (exact) mass is 378 g/mol. The topological polar surface area (TPSA) is 26.3 Å². The number of alkyl halides is 1. The van der Waals surface area contributed by atoms with Crippen LogP contribution in [0.1, 0.15) is 30.4 Å². The molecule has 22 heavy (non-hydrogen) atoms.